The highest BCUT2D eigenvalue weighted by atomic mass is 16.5. The number of aryl methyl sites for hydroxylation is 2. The van der Waals surface area contributed by atoms with Crippen molar-refractivity contribution in [3.63, 3.8) is 0 Å². The van der Waals surface area contributed by atoms with Crippen LogP contribution in [-0.2, 0) is 0 Å². The second kappa shape index (κ2) is 14.9. The van der Waals surface area contributed by atoms with Crippen molar-refractivity contribution < 1.29 is 4.74 Å². The SMILES string of the molecule is CC.CC.COc1nccnc1C.Cc1cnc(C(C)C)cn1. The van der Waals surface area contributed by atoms with Gasteiger partial charge in [-0.1, -0.05) is 41.5 Å². The molecule has 0 amide bonds. The van der Waals surface area contributed by atoms with Gasteiger partial charge in [0.25, 0.3) is 0 Å². The van der Waals surface area contributed by atoms with Gasteiger partial charge >= 0.3 is 0 Å². The Hall–Kier alpha value is -2.04. The molecule has 2 aromatic rings. The first kappa shape index (κ1) is 23.2. The van der Waals surface area contributed by atoms with E-state index >= 15 is 0 Å². The van der Waals surface area contributed by atoms with E-state index in [1.54, 1.807) is 25.7 Å². The molecule has 23 heavy (non-hydrogen) atoms. The van der Waals surface area contributed by atoms with Crippen LogP contribution in [0.1, 0.15) is 64.5 Å². The third kappa shape index (κ3) is 10.3. The van der Waals surface area contributed by atoms with Gasteiger partial charge in [-0.05, 0) is 19.8 Å². The maximum Gasteiger partial charge on any atom is 0.235 e. The number of hydrogen-bond donors (Lipinski definition) is 0. The Morgan fingerprint density at radius 1 is 0.826 bits per heavy atom. The lowest BCUT2D eigenvalue weighted by molar-refractivity contribution is 0.391. The van der Waals surface area contributed by atoms with Gasteiger partial charge in [0, 0.05) is 24.8 Å². The molecule has 0 unspecified atom stereocenters. The summed E-state index contributed by atoms with van der Waals surface area (Å²) in [5.41, 5.74) is 2.86. The summed E-state index contributed by atoms with van der Waals surface area (Å²) in [5, 5.41) is 0. The Labute approximate surface area is 141 Å². The highest BCUT2D eigenvalue weighted by Crippen LogP contribution is 2.08. The standard InChI is InChI=1S/C8H12N2.C6H8N2O.2C2H6/c1-6(2)8-5-9-7(3)4-10-8;1-5-6(9-2)8-4-3-7-5;2*1-2/h4-6H,1-3H3;3-4H,1-2H3;2*1-2H3. The van der Waals surface area contributed by atoms with Crippen LogP contribution in [0.25, 0.3) is 0 Å². The zero-order valence-electron chi connectivity index (χ0n) is 16.1. The molecule has 0 aliphatic heterocycles. The van der Waals surface area contributed by atoms with Crippen molar-refractivity contribution >= 4 is 0 Å². The van der Waals surface area contributed by atoms with Crippen molar-refractivity contribution in [3.05, 3.63) is 41.9 Å². The van der Waals surface area contributed by atoms with Crippen molar-refractivity contribution in [3.8, 4) is 5.88 Å². The van der Waals surface area contributed by atoms with Crippen LogP contribution in [0.15, 0.2) is 24.8 Å². The maximum absolute atomic E-state index is 4.87. The molecule has 2 rings (SSSR count). The van der Waals surface area contributed by atoms with E-state index < -0.39 is 0 Å². The third-order valence-corrected chi connectivity index (χ3v) is 2.42. The Morgan fingerprint density at radius 3 is 1.74 bits per heavy atom. The minimum absolute atomic E-state index is 0.480. The van der Waals surface area contributed by atoms with Crippen LogP contribution in [0.4, 0.5) is 0 Å². The van der Waals surface area contributed by atoms with Gasteiger partial charge in [-0.3, -0.25) is 15.0 Å². The molecule has 0 radical (unpaired) electrons. The quantitative estimate of drug-likeness (QED) is 0.798. The summed E-state index contributed by atoms with van der Waals surface area (Å²) in [6.45, 7) is 16.0. The zero-order chi connectivity index (χ0) is 18.3. The van der Waals surface area contributed by atoms with Gasteiger partial charge in [-0.25, -0.2) is 4.98 Å². The van der Waals surface area contributed by atoms with E-state index in [1.807, 2.05) is 47.7 Å². The molecule has 0 saturated heterocycles. The number of hydrogen-bond acceptors (Lipinski definition) is 5. The second-order valence-electron chi connectivity index (χ2n) is 4.39. The Kier molecular flexibility index (Phi) is 15.0. The van der Waals surface area contributed by atoms with Crippen LogP contribution in [0.2, 0.25) is 0 Å². The molecule has 0 spiro atoms. The van der Waals surface area contributed by atoms with Crippen molar-refractivity contribution in [2.45, 2.75) is 61.3 Å². The Morgan fingerprint density at radius 2 is 1.39 bits per heavy atom. The van der Waals surface area contributed by atoms with E-state index in [9.17, 15) is 0 Å². The number of nitrogens with zero attached hydrogens (tertiary/aromatic N) is 4. The fraction of sp³-hybridized carbons (Fsp3) is 0.556. The van der Waals surface area contributed by atoms with Crippen LogP contribution in [0.3, 0.4) is 0 Å². The summed E-state index contributed by atoms with van der Waals surface area (Å²) in [5.74, 6) is 1.07. The Balaban J connectivity index is 0. The summed E-state index contributed by atoms with van der Waals surface area (Å²) < 4.78 is 4.87. The summed E-state index contributed by atoms with van der Waals surface area (Å²) in [7, 11) is 1.58. The van der Waals surface area contributed by atoms with E-state index in [0.29, 0.717) is 11.8 Å². The minimum Gasteiger partial charge on any atom is -0.480 e. The van der Waals surface area contributed by atoms with Crippen molar-refractivity contribution in [1.82, 2.24) is 19.9 Å². The number of ether oxygens (including phenoxy) is 1. The first-order chi connectivity index (χ1) is 11.0. The van der Waals surface area contributed by atoms with Crippen LogP contribution in [-0.4, -0.2) is 27.0 Å². The third-order valence-electron chi connectivity index (χ3n) is 2.42. The molecular formula is C18H32N4O. The van der Waals surface area contributed by atoms with E-state index in [4.69, 9.17) is 4.74 Å². The topological polar surface area (TPSA) is 60.8 Å². The first-order valence-electron chi connectivity index (χ1n) is 8.14. The largest absolute Gasteiger partial charge is 0.480 e. The average Bonchev–Trinajstić information content (AvgIpc) is 2.60. The molecule has 0 aromatic carbocycles. The number of rotatable bonds is 2. The van der Waals surface area contributed by atoms with Crippen LogP contribution >= 0.6 is 0 Å². The molecule has 2 aromatic heterocycles. The van der Waals surface area contributed by atoms with Crippen LogP contribution in [0, 0.1) is 13.8 Å². The van der Waals surface area contributed by atoms with E-state index in [1.165, 1.54) is 0 Å². The van der Waals surface area contributed by atoms with Crippen molar-refractivity contribution in [2.75, 3.05) is 7.11 Å². The van der Waals surface area contributed by atoms with Gasteiger partial charge in [-0.15, -0.1) is 0 Å². The highest BCUT2D eigenvalue weighted by Gasteiger charge is 1.98. The Bertz CT molecular complexity index is 499. The van der Waals surface area contributed by atoms with Gasteiger partial charge in [0.1, 0.15) is 0 Å². The molecule has 2 heterocycles. The molecule has 5 nitrogen and oxygen atoms in total. The summed E-state index contributed by atoms with van der Waals surface area (Å²) in [6.07, 6.45) is 6.87. The average molecular weight is 320 g/mol. The molecule has 0 saturated carbocycles. The van der Waals surface area contributed by atoms with Crippen molar-refractivity contribution in [2.24, 2.45) is 0 Å². The van der Waals surface area contributed by atoms with Crippen LogP contribution < -0.4 is 4.74 Å². The highest BCUT2D eigenvalue weighted by molar-refractivity contribution is 5.14. The van der Waals surface area contributed by atoms with E-state index in [0.717, 1.165) is 17.1 Å². The lowest BCUT2D eigenvalue weighted by Crippen LogP contribution is -1.93. The molecule has 130 valence electrons. The minimum atomic E-state index is 0.480. The molecule has 0 atom stereocenters. The smallest absolute Gasteiger partial charge is 0.235 e. The maximum atomic E-state index is 4.87. The van der Waals surface area contributed by atoms with E-state index in [2.05, 4.69) is 33.8 Å². The number of aromatic nitrogens is 4. The zero-order valence-corrected chi connectivity index (χ0v) is 16.1. The summed E-state index contributed by atoms with van der Waals surface area (Å²) >= 11 is 0. The fourth-order valence-electron chi connectivity index (χ4n) is 1.30. The van der Waals surface area contributed by atoms with Gasteiger partial charge < -0.3 is 4.74 Å². The van der Waals surface area contributed by atoms with Crippen LogP contribution in [0.5, 0.6) is 5.88 Å². The van der Waals surface area contributed by atoms with Gasteiger partial charge in [0.15, 0.2) is 0 Å². The van der Waals surface area contributed by atoms with Gasteiger partial charge in [0.05, 0.1) is 24.2 Å². The lowest BCUT2D eigenvalue weighted by Gasteiger charge is -2.01. The predicted octanol–water partition coefficient (Wildman–Crippen LogP) is 4.75. The summed E-state index contributed by atoms with van der Waals surface area (Å²) in [6, 6.07) is 0. The molecule has 0 aliphatic carbocycles. The lowest BCUT2D eigenvalue weighted by atomic mass is 10.1. The number of methoxy groups -OCH3 is 1. The molecular weight excluding hydrogens is 288 g/mol. The predicted molar refractivity (Wildman–Crippen MR) is 96.9 cm³/mol. The molecule has 0 N–H and O–H groups in total. The van der Waals surface area contributed by atoms with Gasteiger partial charge in [-0.2, -0.15) is 0 Å². The monoisotopic (exact) mass is 320 g/mol. The second-order valence-corrected chi connectivity index (χ2v) is 4.39. The normalized spacial score (nSPS) is 8.61. The van der Waals surface area contributed by atoms with Crippen molar-refractivity contribution in [1.29, 1.82) is 0 Å². The fourth-order valence-corrected chi connectivity index (χ4v) is 1.30. The molecule has 0 fully saturated rings. The van der Waals surface area contributed by atoms with E-state index in [-0.39, 0.29) is 0 Å². The first-order valence-corrected chi connectivity index (χ1v) is 8.14. The molecule has 0 bridgehead atoms. The molecule has 5 heteroatoms. The summed E-state index contributed by atoms with van der Waals surface area (Å²) in [4.78, 5) is 16.2. The van der Waals surface area contributed by atoms with Gasteiger partial charge in [0.2, 0.25) is 5.88 Å². The molecule has 0 aliphatic rings.